The number of benzene rings is 2. The van der Waals surface area contributed by atoms with Crippen LogP contribution in [0.4, 0.5) is 10.5 Å². The molecule has 2 rings (SSSR count). The van der Waals surface area contributed by atoms with E-state index in [1.54, 1.807) is 6.07 Å². The SMILES string of the molecule is Cc1ccc(NC(=O)NC(C=O)c2ccccc2Br)cc1. The van der Waals surface area contributed by atoms with E-state index in [2.05, 4.69) is 26.6 Å². The van der Waals surface area contributed by atoms with E-state index in [9.17, 15) is 9.59 Å². The maximum atomic E-state index is 12.0. The van der Waals surface area contributed by atoms with E-state index in [4.69, 9.17) is 0 Å². The molecule has 108 valence electrons. The van der Waals surface area contributed by atoms with Gasteiger partial charge in [0.05, 0.1) is 0 Å². The Morgan fingerprint density at radius 3 is 2.43 bits per heavy atom. The number of anilines is 1. The summed E-state index contributed by atoms with van der Waals surface area (Å²) in [4.78, 5) is 23.2. The summed E-state index contributed by atoms with van der Waals surface area (Å²) >= 11 is 3.37. The lowest BCUT2D eigenvalue weighted by molar-refractivity contribution is -0.109. The van der Waals surface area contributed by atoms with Gasteiger partial charge in [-0.25, -0.2) is 4.79 Å². The van der Waals surface area contributed by atoms with E-state index in [0.29, 0.717) is 17.5 Å². The molecule has 0 bridgehead atoms. The maximum Gasteiger partial charge on any atom is 0.320 e. The monoisotopic (exact) mass is 346 g/mol. The molecule has 2 aromatic rings. The van der Waals surface area contributed by atoms with Gasteiger partial charge in [0.2, 0.25) is 0 Å². The lowest BCUT2D eigenvalue weighted by atomic mass is 10.1. The predicted molar refractivity (Wildman–Crippen MR) is 86.3 cm³/mol. The number of carbonyl (C=O) groups is 2. The lowest BCUT2D eigenvalue weighted by Crippen LogP contribution is -2.33. The number of amides is 2. The number of hydrogen-bond acceptors (Lipinski definition) is 2. The molecule has 5 heteroatoms. The van der Waals surface area contributed by atoms with Gasteiger partial charge in [0, 0.05) is 10.2 Å². The van der Waals surface area contributed by atoms with Crippen LogP contribution in [0.2, 0.25) is 0 Å². The molecule has 21 heavy (non-hydrogen) atoms. The first-order chi connectivity index (χ1) is 10.1. The summed E-state index contributed by atoms with van der Waals surface area (Å²) in [5, 5.41) is 5.34. The molecule has 1 atom stereocenters. The molecule has 0 heterocycles. The minimum atomic E-state index is -0.703. The molecular weight excluding hydrogens is 332 g/mol. The van der Waals surface area contributed by atoms with Gasteiger partial charge >= 0.3 is 6.03 Å². The molecule has 0 aliphatic rings. The van der Waals surface area contributed by atoms with Crippen LogP contribution in [0.5, 0.6) is 0 Å². The van der Waals surface area contributed by atoms with Crippen LogP contribution in [0, 0.1) is 6.92 Å². The van der Waals surface area contributed by atoms with Crippen molar-refractivity contribution in [2.75, 3.05) is 5.32 Å². The molecule has 2 aromatic carbocycles. The van der Waals surface area contributed by atoms with Gasteiger partial charge in [0.25, 0.3) is 0 Å². The zero-order valence-electron chi connectivity index (χ0n) is 11.5. The molecule has 0 radical (unpaired) electrons. The summed E-state index contributed by atoms with van der Waals surface area (Å²) < 4.78 is 0.776. The Kier molecular flexibility index (Phi) is 5.11. The Morgan fingerprint density at radius 2 is 1.81 bits per heavy atom. The van der Waals surface area contributed by atoms with Crippen LogP contribution in [-0.4, -0.2) is 12.3 Å². The van der Waals surface area contributed by atoms with Crippen molar-refractivity contribution in [2.45, 2.75) is 13.0 Å². The van der Waals surface area contributed by atoms with Crippen LogP contribution in [0.3, 0.4) is 0 Å². The van der Waals surface area contributed by atoms with Crippen molar-refractivity contribution >= 4 is 33.9 Å². The number of urea groups is 1. The van der Waals surface area contributed by atoms with Gasteiger partial charge in [-0.1, -0.05) is 51.8 Å². The van der Waals surface area contributed by atoms with E-state index in [-0.39, 0.29) is 0 Å². The van der Waals surface area contributed by atoms with E-state index in [1.807, 2.05) is 49.4 Å². The highest BCUT2D eigenvalue weighted by atomic mass is 79.9. The van der Waals surface area contributed by atoms with Crippen LogP contribution in [-0.2, 0) is 4.79 Å². The van der Waals surface area contributed by atoms with E-state index in [0.717, 1.165) is 10.0 Å². The summed E-state index contributed by atoms with van der Waals surface area (Å²) in [7, 11) is 0. The van der Waals surface area contributed by atoms with Gasteiger partial charge in [0.15, 0.2) is 0 Å². The van der Waals surface area contributed by atoms with Crippen LogP contribution < -0.4 is 10.6 Å². The van der Waals surface area contributed by atoms with Gasteiger partial charge in [-0.05, 0) is 30.7 Å². The normalized spacial score (nSPS) is 11.5. The molecule has 0 fully saturated rings. The Morgan fingerprint density at radius 1 is 1.14 bits per heavy atom. The summed E-state index contributed by atoms with van der Waals surface area (Å²) in [6.07, 6.45) is 0.703. The fraction of sp³-hybridized carbons (Fsp3) is 0.125. The summed E-state index contributed by atoms with van der Waals surface area (Å²) in [5.74, 6) is 0. The number of aryl methyl sites for hydroxylation is 1. The molecule has 0 saturated carbocycles. The summed E-state index contributed by atoms with van der Waals surface area (Å²) in [5.41, 5.74) is 2.50. The zero-order chi connectivity index (χ0) is 15.2. The van der Waals surface area contributed by atoms with Crippen molar-refractivity contribution in [3.05, 3.63) is 64.1 Å². The van der Waals surface area contributed by atoms with Crippen LogP contribution in [0.15, 0.2) is 53.0 Å². The molecule has 0 aliphatic carbocycles. The van der Waals surface area contributed by atoms with Gasteiger partial charge in [-0.15, -0.1) is 0 Å². The topological polar surface area (TPSA) is 58.2 Å². The van der Waals surface area contributed by atoms with Crippen molar-refractivity contribution in [1.29, 1.82) is 0 Å². The van der Waals surface area contributed by atoms with Gasteiger partial charge in [-0.2, -0.15) is 0 Å². The van der Waals surface area contributed by atoms with E-state index < -0.39 is 12.1 Å². The summed E-state index contributed by atoms with van der Waals surface area (Å²) in [6.45, 7) is 1.97. The van der Waals surface area contributed by atoms with Crippen molar-refractivity contribution in [2.24, 2.45) is 0 Å². The zero-order valence-corrected chi connectivity index (χ0v) is 13.1. The third kappa shape index (κ3) is 4.16. The highest BCUT2D eigenvalue weighted by molar-refractivity contribution is 9.10. The highest BCUT2D eigenvalue weighted by Crippen LogP contribution is 2.22. The van der Waals surface area contributed by atoms with E-state index in [1.165, 1.54) is 0 Å². The van der Waals surface area contributed by atoms with Crippen LogP contribution >= 0.6 is 15.9 Å². The average Bonchev–Trinajstić information content (AvgIpc) is 2.48. The molecule has 0 saturated heterocycles. The minimum Gasteiger partial charge on any atom is -0.324 e. The molecule has 0 spiro atoms. The lowest BCUT2D eigenvalue weighted by Gasteiger charge is -2.15. The largest absolute Gasteiger partial charge is 0.324 e. The second kappa shape index (κ2) is 7.04. The highest BCUT2D eigenvalue weighted by Gasteiger charge is 2.15. The molecular formula is C16H15BrN2O2. The molecule has 2 amide bonds. The Balaban J connectivity index is 2.05. The van der Waals surface area contributed by atoms with Crippen molar-refractivity contribution in [3.8, 4) is 0 Å². The molecule has 4 nitrogen and oxygen atoms in total. The van der Waals surface area contributed by atoms with Crippen molar-refractivity contribution < 1.29 is 9.59 Å². The Bertz CT molecular complexity index is 641. The second-order valence-electron chi connectivity index (χ2n) is 4.60. The van der Waals surface area contributed by atoms with Crippen LogP contribution in [0.1, 0.15) is 17.2 Å². The molecule has 0 aromatic heterocycles. The first kappa shape index (κ1) is 15.3. The number of aldehydes is 1. The van der Waals surface area contributed by atoms with Crippen LogP contribution in [0.25, 0.3) is 0 Å². The third-order valence-corrected chi connectivity index (χ3v) is 3.69. The maximum absolute atomic E-state index is 12.0. The molecule has 1 unspecified atom stereocenters. The smallest absolute Gasteiger partial charge is 0.320 e. The average molecular weight is 347 g/mol. The standard InChI is InChI=1S/C16H15BrN2O2/c1-11-6-8-12(9-7-11)18-16(21)19-15(10-20)13-4-2-3-5-14(13)17/h2-10,15H,1H3,(H2,18,19,21). The van der Waals surface area contributed by atoms with Gasteiger partial charge in [0.1, 0.15) is 12.3 Å². The quantitative estimate of drug-likeness (QED) is 0.826. The van der Waals surface area contributed by atoms with Gasteiger partial charge in [-0.3, -0.25) is 0 Å². The number of carbonyl (C=O) groups excluding carboxylic acids is 2. The molecule has 0 aliphatic heterocycles. The number of nitrogens with one attached hydrogen (secondary N) is 2. The fourth-order valence-corrected chi connectivity index (χ4v) is 2.39. The summed E-state index contributed by atoms with van der Waals surface area (Å²) in [6, 6.07) is 13.6. The first-order valence-electron chi connectivity index (χ1n) is 6.44. The minimum absolute atomic E-state index is 0.424. The predicted octanol–water partition coefficient (Wildman–Crippen LogP) is 3.82. The Hall–Kier alpha value is -2.14. The molecule has 2 N–H and O–H groups in total. The van der Waals surface area contributed by atoms with E-state index >= 15 is 0 Å². The third-order valence-electron chi connectivity index (χ3n) is 2.97. The van der Waals surface area contributed by atoms with Crippen molar-refractivity contribution in [1.82, 2.24) is 5.32 Å². The first-order valence-corrected chi connectivity index (χ1v) is 7.23. The number of halogens is 1. The fourth-order valence-electron chi connectivity index (χ4n) is 1.86. The number of hydrogen-bond donors (Lipinski definition) is 2. The second-order valence-corrected chi connectivity index (χ2v) is 5.45. The van der Waals surface area contributed by atoms with Gasteiger partial charge < -0.3 is 15.4 Å². The Labute approximate surface area is 131 Å². The van der Waals surface area contributed by atoms with Crippen molar-refractivity contribution in [3.63, 3.8) is 0 Å². The number of rotatable bonds is 4.